The lowest BCUT2D eigenvalue weighted by molar-refractivity contribution is -0.127. The summed E-state index contributed by atoms with van der Waals surface area (Å²) in [6.07, 6.45) is 2.28. The standard InChI is InChI=1S/C28H25ClN2O6S/c1-3-13-37-27(34)21-14-18(10-11-22(21)29)30-25(32)16-31-26(33)24(38-28(31)35)15-20-19-8-6-5-7-17(19)9-12-23(20)36-4-2/h5-12,14-15H,3-4,13,16H2,1-2H3,(H,30,32)/b24-15+. The molecule has 8 nitrogen and oxygen atoms in total. The van der Waals surface area contributed by atoms with E-state index in [1.54, 1.807) is 6.08 Å². The van der Waals surface area contributed by atoms with Gasteiger partial charge in [0.05, 0.1) is 28.7 Å². The smallest absolute Gasteiger partial charge is 0.339 e. The number of fused-ring (bicyclic) bond motifs is 1. The maximum Gasteiger partial charge on any atom is 0.339 e. The number of hydrogen-bond donors (Lipinski definition) is 1. The molecule has 38 heavy (non-hydrogen) atoms. The van der Waals surface area contributed by atoms with Gasteiger partial charge in [-0.05, 0) is 66.2 Å². The van der Waals surface area contributed by atoms with Gasteiger partial charge in [0.1, 0.15) is 12.3 Å². The fourth-order valence-corrected chi connectivity index (χ4v) is 4.86. The van der Waals surface area contributed by atoms with Crippen molar-refractivity contribution in [3.8, 4) is 5.75 Å². The first-order valence-electron chi connectivity index (χ1n) is 12.0. The lowest BCUT2D eigenvalue weighted by Gasteiger charge is -2.14. The molecule has 1 saturated heterocycles. The number of rotatable bonds is 9. The summed E-state index contributed by atoms with van der Waals surface area (Å²) in [5.74, 6) is -1.20. The molecule has 1 heterocycles. The second kappa shape index (κ2) is 12.1. The lowest BCUT2D eigenvalue weighted by Crippen LogP contribution is -2.36. The molecule has 3 aromatic carbocycles. The van der Waals surface area contributed by atoms with E-state index >= 15 is 0 Å². The van der Waals surface area contributed by atoms with E-state index in [0.717, 1.165) is 27.4 Å². The Balaban J connectivity index is 1.52. The van der Waals surface area contributed by atoms with Crippen molar-refractivity contribution in [2.45, 2.75) is 20.3 Å². The predicted octanol–water partition coefficient (Wildman–Crippen LogP) is 6.13. The van der Waals surface area contributed by atoms with Gasteiger partial charge < -0.3 is 14.8 Å². The van der Waals surface area contributed by atoms with Gasteiger partial charge in [-0.1, -0.05) is 48.9 Å². The number of hydrogen-bond acceptors (Lipinski definition) is 7. The highest BCUT2D eigenvalue weighted by atomic mass is 35.5. The van der Waals surface area contributed by atoms with Crippen LogP contribution in [0.4, 0.5) is 10.5 Å². The number of carbonyl (C=O) groups excluding carboxylic acids is 4. The molecule has 1 fully saturated rings. The van der Waals surface area contributed by atoms with Crippen LogP contribution in [0.15, 0.2) is 59.5 Å². The van der Waals surface area contributed by atoms with Gasteiger partial charge in [0.15, 0.2) is 0 Å². The molecular formula is C28H25ClN2O6S. The minimum absolute atomic E-state index is 0.104. The van der Waals surface area contributed by atoms with Gasteiger partial charge in [0, 0.05) is 11.3 Å². The zero-order valence-electron chi connectivity index (χ0n) is 20.8. The van der Waals surface area contributed by atoms with Crippen molar-refractivity contribution in [2.24, 2.45) is 0 Å². The molecule has 0 bridgehead atoms. The number of anilines is 1. The summed E-state index contributed by atoms with van der Waals surface area (Å²) in [6, 6.07) is 15.8. The van der Waals surface area contributed by atoms with Crippen LogP contribution in [-0.2, 0) is 14.3 Å². The number of thioether (sulfide) groups is 1. The third kappa shape index (κ3) is 6.00. The summed E-state index contributed by atoms with van der Waals surface area (Å²) in [5.41, 5.74) is 1.07. The van der Waals surface area contributed by atoms with Crippen LogP contribution in [0.2, 0.25) is 5.02 Å². The quantitative estimate of drug-likeness (QED) is 0.251. The fraction of sp³-hybridized carbons (Fsp3) is 0.214. The van der Waals surface area contributed by atoms with Crippen molar-refractivity contribution < 1.29 is 28.7 Å². The van der Waals surface area contributed by atoms with E-state index in [2.05, 4.69) is 5.32 Å². The molecule has 3 amide bonds. The Hall–Kier alpha value is -3.82. The van der Waals surface area contributed by atoms with Crippen LogP contribution in [-0.4, -0.2) is 47.7 Å². The van der Waals surface area contributed by atoms with Gasteiger partial charge in [0.2, 0.25) is 5.91 Å². The van der Waals surface area contributed by atoms with Crippen LogP contribution < -0.4 is 10.1 Å². The first-order chi connectivity index (χ1) is 18.3. The zero-order valence-corrected chi connectivity index (χ0v) is 22.4. The van der Waals surface area contributed by atoms with Crippen LogP contribution in [0.3, 0.4) is 0 Å². The van der Waals surface area contributed by atoms with Crippen LogP contribution in [0.25, 0.3) is 16.8 Å². The lowest BCUT2D eigenvalue weighted by atomic mass is 10.0. The van der Waals surface area contributed by atoms with E-state index in [1.165, 1.54) is 18.2 Å². The van der Waals surface area contributed by atoms with Gasteiger partial charge in [0.25, 0.3) is 11.1 Å². The van der Waals surface area contributed by atoms with Crippen LogP contribution in [0.5, 0.6) is 5.75 Å². The molecule has 1 aliphatic rings. The first-order valence-corrected chi connectivity index (χ1v) is 13.2. The number of nitrogens with zero attached hydrogens (tertiary/aromatic N) is 1. The minimum atomic E-state index is -0.608. The second-order valence-corrected chi connectivity index (χ2v) is 9.68. The number of ether oxygens (including phenoxy) is 2. The molecular weight excluding hydrogens is 528 g/mol. The summed E-state index contributed by atoms with van der Waals surface area (Å²) in [5, 5.41) is 4.06. The van der Waals surface area contributed by atoms with Gasteiger partial charge in [-0.3, -0.25) is 19.3 Å². The Morgan fingerprint density at radius 3 is 2.63 bits per heavy atom. The highest BCUT2D eigenvalue weighted by molar-refractivity contribution is 8.18. The zero-order chi connectivity index (χ0) is 27.2. The van der Waals surface area contributed by atoms with E-state index < -0.39 is 29.6 Å². The molecule has 10 heteroatoms. The van der Waals surface area contributed by atoms with Crippen LogP contribution >= 0.6 is 23.4 Å². The molecule has 196 valence electrons. The highest BCUT2D eigenvalue weighted by Crippen LogP contribution is 2.37. The molecule has 0 spiro atoms. The summed E-state index contributed by atoms with van der Waals surface area (Å²) < 4.78 is 10.9. The monoisotopic (exact) mass is 552 g/mol. The highest BCUT2D eigenvalue weighted by Gasteiger charge is 2.36. The van der Waals surface area contributed by atoms with Crippen molar-refractivity contribution in [3.05, 3.63) is 75.7 Å². The summed E-state index contributed by atoms with van der Waals surface area (Å²) in [7, 11) is 0. The molecule has 0 aliphatic carbocycles. The van der Waals surface area contributed by atoms with Crippen molar-refractivity contribution in [3.63, 3.8) is 0 Å². The number of halogens is 1. The average Bonchev–Trinajstić information content (AvgIpc) is 3.17. The Labute approximate surface area is 228 Å². The molecule has 1 aliphatic heterocycles. The van der Waals surface area contributed by atoms with Crippen molar-refractivity contribution >= 4 is 68.9 Å². The molecule has 0 saturated carbocycles. The number of benzene rings is 3. The van der Waals surface area contributed by atoms with Gasteiger partial charge in [-0.25, -0.2) is 4.79 Å². The maximum absolute atomic E-state index is 13.1. The van der Waals surface area contributed by atoms with Crippen molar-refractivity contribution in [1.29, 1.82) is 0 Å². The molecule has 0 atom stereocenters. The van der Waals surface area contributed by atoms with Gasteiger partial charge in [-0.2, -0.15) is 0 Å². The van der Waals surface area contributed by atoms with Crippen LogP contribution in [0.1, 0.15) is 36.2 Å². The normalized spacial score (nSPS) is 14.3. The SMILES string of the molecule is CCCOC(=O)c1cc(NC(=O)CN2C(=O)S/C(=C/c3c(OCC)ccc4ccccc34)C2=O)ccc1Cl. The van der Waals surface area contributed by atoms with Crippen LogP contribution in [0, 0.1) is 0 Å². The topological polar surface area (TPSA) is 102 Å². The fourth-order valence-electron chi connectivity index (χ4n) is 3.85. The Bertz CT molecular complexity index is 1450. The second-order valence-electron chi connectivity index (χ2n) is 8.28. The van der Waals surface area contributed by atoms with Crippen molar-refractivity contribution in [2.75, 3.05) is 25.1 Å². The third-order valence-electron chi connectivity index (χ3n) is 5.59. The maximum atomic E-state index is 13.1. The van der Waals surface area contributed by atoms with E-state index in [4.69, 9.17) is 21.1 Å². The number of carbonyl (C=O) groups is 4. The first kappa shape index (κ1) is 27.2. The van der Waals surface area contributed by atoms with E-state index in [1.807, 2.05) is 50.2 Å². The van der Waals surface area contributed by atoms with Crippen molar-refractivity contribution in [1.82, 2.24) is 4.90 Å². The third-order valence-corrected chi connectivity index (χ3v) is 6.83. The largest absolute Gasteiger partial charge is 0.493 e. The number of nitrogens with one attached hydrogen (secondary N) is 1. The Kier molecular flexibility index (Phi) is 8.70. The molecule has 1 N–H and O–H groups in total. The summed E-state index contributed by atoms with van der Waals surface area (Å²) >= 11 is 6.86. The molecule has 0 radical (unpaired) electrons. The van der Waals surface area contributed by atoms with Gasteiger partial charge in [-0.15, -0.1) is 0 Å². The molecule has 3 aromatic rings. The minimum Gasteiger partial charge on any atom is -0.493 e. The average molecular weight is 553 g/mol. The molecule has 4 rings (SSSR count). The number of imide groups is 1. The summed E-state index contributed by atoms with van der Waals surface area (Å²) in [6.45, 7) is 3.91. The summed E-state index contributed by atoms with van der Waals surface area (Å²) in [4.78, 5) is 51.8. The predicted molar refractivity (Wildman–Crippen MR) is 148 cm³/mol. The number of amides is 3. The molecule has 0 aromatic heterocycles. The van der Waals surface area contributed by atoms with E-state index in [0.29, 0.717) is 24.3 Å². The Morgan fingerprint density at radius 2 is 1.87 bits per heavy atom. The Morgan fingerprint density at radius 1 is 1.08 bits per heavy atom. The number of esters is 1. The van der Waals surface area contributed by atoms with E-state index in [9.17, 15) is 19.2 Å². The molecule has 0 unspecified atom stereocenters. The van der Waals surface area contributed by atoms with Gasteiger partial charge >= 0.3 is 5.97 Å². The van der Waals surface area contributed by atoms with E-state index in [-0.39, 0.29) is 27.8 Å².